The van der Waals surface area contributed by atoms with Gasteiger partial charge in [-0.15, -0.1) is 10.2 Å². The van der Waals surface area contributed by atoms with E-state index in [9.17, 15) is 9.59 Å². The third kappa shape index (κ3) is 2.76. The van der Waals surface area contributed by atoms with Gasteiger partial charge in [0, 0.05) is 24.2 Å². The highest BCUT2D eigenvalue weighted by atomic mass is 35.5. The quantitative estimate of drug-likeness (QED) is 0.583. The van der Waals surface area contributed by atoms with E-state index in [0.29, 0.717) is 40.3 Å². The molecule has 0 amide bonds. The van der Waals surface area contributed by atoms with E-state index in [0.717, 1.165) is 12.0 Å². The van der Waals surface area contributed by atoms with Crippen LogP contribution in [0.3, 0.4) is 0 Å². The number of H-pyrrole nitrogens is 1. The molecule has 3 heterocycles. The Kier molecular flexibility index (Phi) is 4.15. The van der Waals surface area contributed by atoms with E-state index in [1.807, 2.05) is 16.7 Å². The molecule has 4 rings (SSSR count). The molecule has 0 aliphatic rings. The van der Waals surface area contributed by atoms with Crippen LogP contribution in [0.15, 0.2) is 33.9 Å². The second kappa shape index (κ2) is 6.38. The van der Waals surface area contributed by atoms with Crippen LogP contribution in [0.25, 0.3) is 28.3 Å². The lowest BCUT2D eigenvalue weighted by atomic mass is 10.1. The second-order valence-electron chi connectivity index (χ2n) is 6.99. The molecular formula is C18H19ClN6O2. The van der Waals surface area contributed by atoms with Crippen molar-refractivity contribution < 1.29 is 0 Å². The Balaban J connectivity index is 2.11. The number of nitrogens with zero attached hydrogens (tertiary/aromatic N) is 5. The van der Waals surface area contributed by atoms with Crippen molar-refractivity contribution in [1.29, 1.82) is 0 Å². The Morgan fingerprint density at radius 3 is 2.52 bits per heavy atom. The summed E-state index contributed by atoms with van der Waals surface area (Å²) in [5.74, 6) is 1.53. The topological polar surface area (TPSA) is 90.0 Å². The van der Waals surface area contributed by atoms with Crippen LogP contribution in [0.1, 0.15) is 20.3 Å². The molecule has 0 saturated heterocycles. The highest BCUT2D eigenvalue weighted by Crippen LogP contribution is 2.25. The average Bonchev–Trinajstić information content (AvgIpc) is 3.17. The van der Waals surface area contributed by atoms with Gasteiger partial charge < -0.3 is 4.57 Å². The van der Waals surface area contributed by atoms with Crippen LogP contribution in [-0.2, 0) is 13.6 Å². The molecule has 1 aromatic carbocycles. The minimum atomic E-state index is -0.480. The molecule has 3 aromatic heterocycles. The smallest absolute Gasteiger partial charge is 0.302 e. The number of nitrogens with one attached hydrogen (secondary N) is 1. The predicted molar refractivity (Wildman–Crippen MR) is 104 cm³/mol. The van der Waals surface area contributed by atoms with E-state index in [4.69, 9.17) is 11.6 Å². The summed E-state index contributed by atoms with van der Waals surface area (Å²) >= 11 is 5.99. The number of rotatable bonds is 4. The first-order valence-corrected chi connectivity index (χ1v) is 9.09. The van der Waals surface area contributed by atoms with Gasteiger partial charge in [0.15, 0.2) is 17.0 Å². The van der Waals surface area contributed by atoms with Gasteiger partial charge in [-0.05, 0) is 36.6 Å². The Bertz CT molecular complexity index is 1260. The van der Waals surface area contributed by atoms with Gasteiger partial charge >= 0.3 is 5.69 Å². The number of aryl methyl sites for hydroxylation is 2. The van der Waals surface area contributed by atoms with E-state index >= 15 is 0 Å². The van der Waals surface area contributed by atoms with Crippen LogP contribution < -0.4 is 11.2 Å². The number of benzene rings is 1. The van der Waals surface area contributed by atoms with E-state index in [2.05, 4.69) is 29.0 Å². The highest BCUT2D eigenvalue weighted by Gasteiger charge is 2.22. The van der Waals surface area contributed by atoms with Crippen molar-refractivity contribution in [3.8, 4) is 11.4 Å². The summed E-state index contributed by atoms with van der Waals surface area (Å²) < 4.78 is 5.01. The molecule has 4 aromatic rings. The largest absolute Gasteiger partial charge is 0.329 e. The van der Waals surface area contributed by atoms with Crippen LogP contribution in [0.2, 0.25) is 5.02 Å². The fraction of sp³-hybridized carbons (Fsp3) is 0.333. The lowest BCUT2D eigenvalue weighted by Crippen LogP contribution is -2.29. The van der Waals surface area contributed by atoms with Gasteiger partial charge in [0.25, 0.3) is 5.56 Å². The van der Waals surface area contributed by atoms with Crippen molar-refractivity contribution in [1.82, 2.24) is 28.7 Å². The molecule has 140 valence electrons. The molecule has 0 radical (unpaired) electrons. The number of aromatic amines is 1. The van der Waals surface area contributed by atoms with E-state index in [-0.39, 0.29) is 0 Å². The molecular weight excluding hydrogens is 368 g/mol. The average molecular weight is 387 g/mol. The Labute approximate surface area is 159 Å². The third-order valence-corrected chi connectivity index (χ3v) is 4.92. The normalized spacial score (nSPS) is 11.9. The first-order chi connectivity index (χ1) is 12.9. The molecule has 0 atom stereocenters. The maximum atomic E-state index is 12.6. The predicted octanol–water partition coefficient (Wildman–Crippen LogP) is 2.44. The van der Waals surface area contributed by atoms with Gasteiger partial charge in [-0.1, -0.05) is 25.4 Å². The van der Waals surface area contributed by atoms with Crippen molar-refractivity contribution >= 4 is 28.5 Å². The van der Waals surface area contributed by atoms with Crippen molar-refractivity contribution in [2.24, 2.45) is 13.0 Å². The second-order valence-corrected chi connectivity index (χ2v) is 7.43. The minimum absolute atomic E-state index is 0.415. The summed E-state index contributed by atoms with van der Waals surface area (Å²) in [6.45, 7) is 4.84. The van der Waals surface area contributed by atoms with Gasteiger partial charge in [0.2, 0.25) is 5.78 Å². The number of aromatic nitrogens is 6. The van der Waals surface area contributed by atoms with Crippen molar-refractivity contribution in [2.75, 3.05) is 0 Å². The zero-order valence-electron chi connectivity index (χ0n) is 15.2. The van der Waals surface area contributed by atoms with E-state index in [1.165, 1.54) is 4.57 Å². The molecule has 0 fully saturated rings. The molecule has 1 N–H and O–H groups in total. The molecule has 0 saturated carbocycles. The molecule has 0 unspecified atom stereocenters. The van der Waals surface area contributed by atoms with E-state index in [1.54, 1.807) is 23.6 Å². The first kappa shape index (κ1) is 17.5. The highest BCUT2D eigenvalue weighted by molar-refractivity contribution is 6.30. The fourth-order valence-corrected chi connectivity index (χ4v) is 3.35. The third-order valence-electron chi connectivity index (χ3n) is 4.67. The molecule has 0 bridgehead atoms. The SMILES string of the molecule is CC(C)CCn1c2c(=O)[nH]c(=O)n(C)c2n2c(-c3ccc(Cl)cc3)nnc12. The summed E-state index contributed by atoms with van der Waals surface area (Å²) in [4.78, 5) is 27.2. The molecule has 27 heavy (non-hydrogen) atoms. The van der Waals surface area contributed by atoms with Gasteiger partial charge in [-0.25, -0.2) is 9.20 Å². The summed E-state index contributed by atoms with van der Waals surface area (Å²) in [5.41, 5.74) is 0.772. The first-order valence-electron chi connectivity index (χ1n) is 8.71. The maximum absolute atomic E-state index is 12.6. The van der Waals surface area contributed by atoms with Gasteiger partial charge in [-0.2, -0.15) is 0 Å². The molecule has 8 nitrogen and oxygen atoms in total. The Morgan fingerprint density at radius 1 is 1.15 bits per heavy atom. The Hall–Kier alpha value is -2.87. The molecule has 0 aliphatic carbocycles. The van der Waals surface area contributed by atoms with Crippen molar-refractivity contribution in [3.05, 3.63) is 50.1 Å². The van der Waals surface area contributed by atoms with Crippen LogP contribution in [0, 0.1) is 5.92 Å². The van der Waals surface area contributed by atoms with Gasteiger partial charge in [0.1, 0.15) is 0 Å². The van der Waals surface area contributed by atoms with Crippen LogP contribution in [0.4, 0.5) is 0 Å². The number of halogens is 1. The molecule has 0 aliphatic heterocycles. The van der Waals surface area contributed by atoms with Crippen LogP contribution in [-0.4, -0.2) is 28.7 Å². The number of fused-ring (bicyclic) bond motifs is 3. The van der Waals surface area contributed by atoms with Gasteiger partial charge in [-0.3, -0.25) is 14.3 Å². The number of imidazole rings is 1. The van der Waals surface area contributed by atoms with Crippen LogP contribution >= 0.6 is 11.6 Å². The van der Waals surface area contributed by atoms with E-state index < -0.39 is 11.2 Å². The summed E-state index contributed by atoms with van der Waals surface area (Å²) in [7, 11) is 1.62. The molecule has 0 spiro atoms. The standard InChI is InChI=1S/C18H19ClN6O2/c1-10(2)8-9-24-13-15(26)20-18(27)23(3)16(13)25-14(21-22-17(24)25)11-4-6-12(19)7-5-11/h4-7,10H,8-9H2,1-3H3,(H,20,26,27). The van der Waals surface area contributed by atoms with Crippen LogP contribution in [0.5, 0.6) is 0 Å². The van der Waals surface area contributed by atoms with Crippen molar-refractivity contribution in [2.45, 2.75) is 26.8 Å². The monoisotopic (exact) mass is 386 g/mol. The summed E-state index contributed by atoms with van der Waals surface area (Å²) in [6, 6.07) is 7.20. The lowest BCUT2D eigenvalue weighted by molar-refractivity contribution is 0.527. The lowest BCUT2D eigenvalue weighted by Gasteiger charge is -2.07. The summed E-state index contributed by atoms with van der Waals surface area (Å²) in [5, 5.41) is 9.25. The summed E-state index contributed by atoms with van der Waals surface area (Å²) in [6.07, 6.45) is 0.866. The van der Waals surface area contributed by atoms with Crippen molar-refractivity contribution in [3.63, 3.8) is 0 Å². The fourth-order valence-electron chi connectivity index (χ4n) is 3.23. The minimum Gasteiger partial charge on any atom is -0.302 e. The zero-order chi connectivity index (χ0) is 19.3. The molecule has 9 heteroatoms. The van der Waals surface area contributed by atoms with Gasteiger partial charge in [0.05, 0.1) is 0 Å². The number of hydrogen-bond acceptors (Lipinski definition) is 4. The zero-order valence-corrected chi connectivity index (χ0v) is 16.0. The number of hydrogen-bond donors (Lipinski definition) is 1. The Morgan fingerprint density at radius 2 is 1.85 bits per heavy atom. The maximum Gasteiger partial charge on any atom is 0.329 e.